The summed E-state index contributed by atoms with van der Waals surface area (Å²) >= 11 is 0. The van der Waals surface area contributed by atoms with Crippen molar-refractivity contribution in [3.05, 3.63) is 100 Å². The molecule has 0 fully saturated rings. The summed E-state index contributed by atoms with van der Waals surface area (Å²) in [4.78, 5) is 27.3. The van der Waals surface area contributed by atoms with Crippen molar-refractivity contribution in [2.45, 2.75) is 6.92 Å². The number of benzene rings is 3. The summed E-state index contributed by atoms with van der Waals surface area (Å²) in [5.41, 5.74) is 1.65. The Morgan fingerprint density at radius 3 is 2.46 bits per heavy atom. The van der Waals surface area contributed by atoms with E-state index < -0.39 is 0 Å². The van der Waals surface area contributed by atoms with Crippen LogP contribution in [-0.2, 0) is 0 Å². The number of carbonyl (C=O) groups is 1. The lowest BCUT2D eigenvalue weighted by Crippen LogP contribution is -2.18. The van der Waals surface area contributed by atoms with Gasteiger partial charge < -0.3 is 15.0 Å². The van der Waals surface area contributed by atoms with Gasteiger partial charge >= 0.3 is 0 Å². The van der Waals surface area contributed by atoms with E-state index in [4.69, 9.17) is 4.74 Å². The number of ether oxygens (including phenoxy) is 1. The quantitative estimate of drug-likeness (QED) is 0.538. The molecule has 0 aliphatic carbocycles. The SMILES string of the molecule is Cc1cccc(Oc2ccc(NC(=O)c3cc4ccccc4c(=O)[nH]3)cc2)c1. The number of rotatable bonds is 4. The minimum Gasteiger partial charge on any atom is -0.457 e. The van der Waals surface area contributed by atoms with Crippen LogP contribution in [-0.4, -0.2) is 10.9 Å². The maximum atomic E-state index is 12.5. The van der Waals surface area contributed by atoms with Crippen LogP contribution in [0.15, 0.2) is 83.7 Å². The molecular weight excluding hydrogens is 352 g/mol. The summed E-state index contributed by atoms with van der Waals surface area (Å²) in [5, 5.41) is 4.06. The number of aromatic amines is 1. The van der Waals surface area contributed by atoms with Gasteiger partial charge in [-0.3, -0.25) is 9.59 Å². The van der Waals surface area contributed by atoms with E-state index in [2.05, 4.69) is 10.3 Å². The fraction of sp³-hybridized carbons (Fsp3) is 0.0435. The van der Waals surface area contributed by atoms with Crippen molar-refractivity contribution < 1.29 is 9.53 Å². The largest absolute Gasteiger partial charge is 0.457 e. The highest BCUT2D eigenvalue weighted by Gasteiger charge is 2.10. The van der Waals surface area contributed by atoms with E-state index >= 15 is 0 Å². The zero-order chi connectivity index (χ0) is 19.5. The Bertz CT molecular complexity index is 1210. The van der Waals surface area contributed by atoms with E-state index in [0.717, 1.165) is 16.7 Å². The van der Waals surface area contributed by atoms with Crippen molar-refractivity contribution in [1.82, 2.24) is 4.98 Å². The highest BCUT2D eigenvalue weighted by molar-refractivity contribution is 6.04. The number of anilines is 1. The van der Waals surface area contributed by atoms with Crippen molar-refractivity contribution in [2.24, 2.45) is 0 Å². The minimum absolute atomic E-state index is 0.212. The van der Waals surface area contributed by atoms with E-state index in [-0.39, 0.29) is 17.2 Å². The molecule has 3 aromatic carbocycles. The molecule has 0 atom stereocenters. The normalized spacial score (nSPS) is 10.6. The Kier molecular flexibility index (Phi) is 4.64. The first-order valence-corrected chi connectivity index (χ1v) is 8.86. The summed E-state index contributed by atoms with van der Waals surface area (Å²) < 4.78 is 5.81. The van der Waals surface area contributed by atoms with Crippen LogP contribution in [0.2, 0.25) is 0 Å². The fourth-order valence-corrected chi connectivity index (χ4v) is 2.95. The molecule has 0 saturated heterocycles. The third-order valence-corrected chi connectivity index (χ3v) is 4.34. The summed E-state index contributed by atoms with van der Waals surface area (Å²) in [5.74, 6) is 1.04. The molecule has 1 heterocycles. The molecule has 0 saturated carbocycles. The fourth-order valence-electron chi connectivity index (χ4n) is 2.95. The number of carbonyl (C=O) groups excluding carboxylic acids is 1. The van der Waals surface area contributed by atoms with Crippen LogP contribution in [0.1, 0.15) is 16.1 Å². The van der Waals surface area contributed by atoms with Crippen LogP contribution in [0.25, 0.3) is 10.8 Å². The molecule has 0 radical (unpaired) electrons. The predicted octanol–water partition coefficient (Wildman–Crippen LogP) is 4.88. The smallest absolute Gasteiger partial charge is 0.272 e. The molecule has 5 nitrogen and oxygen atoms in total. The van der Waals surface area contributed by atoms with Crippen molar-refractivity contribution >= 4 is 22.4 Å². The van der Waals surface area contributed by atoms with Crippen LogP contribution in [0.3, 0.4) is 0 Å². The molecule has 0 aliphatic rings. The minimum atomic E-state index is -0.379. The monoisotopic (exact) mass is 370 g/mol. The molecule has 4 aromatic rings. The van der Waals surface area contributed by atoms with Gasteiger partial charge in [-0.1, -0.05) is 30.3 Å². The van der Waals surface area contributed by atoms with Gasteiger partial charge in [0.25, 0.3) is 11.5 Å². The first-order valence-electron chi connectivity index (χ1n) is 8.86. The van der Waals surface area contributed by atoms with E-state index in [9.17, 15) is 9.59 Å². The van der Waals surface area contributed by atoms with Crippen LogP contribution in [0.4, 0.5) is 5.69 Å². The van der Waals surface area contributed by atoms with Gasteiger partial charge in [-0.05, 0) is 66.4 Å². The second-order valence-corrected chi connectivity index (χ2v) is 6.50. The number of nitrogens with one attached hydrogen (secondary N) is 2. The van der Waals surface area contributed by atoms with E-state index in [1.165, 1.54) is 0 Å². The van der Waals surface area contributed by atoms with Gasteiger partial charge in [0.2, 0.25) is 0 Å². The summed E-state index contributed by atoms with van der Waals surface area (Å²) in [6, 6.07) is 23.7. The number of pyridine rings is 1. The Labute approximate surface area is 161 Å². The molecule has 0 aliphatic heterocycles. The second-order valence-electron chi connectivity index (χ2n) is 6.50. The topological polar surface area (TPSA) is 71.2 Å². The molecule has 0 bridgehead atoms. The van der Waals surface area contributed by atoms with Gasteiger partial charge in [0.15, 0.2) is 0 Å². The third-order valence-electron chi connectivity index (χ3n) is 4.34. The average Bonchev–Trinajstić information content (AvgIpc) is 2.69. The van der Waals surface area contributed by atoms with Crippen LogP contribution >= 0.6 is 0 Å². The molecule has 1 aromatic heterocycles. The van der Waals surface area contributed by atoms with Gasteiger partial charge in [0, 0.05) is 11.1 Å². The van der Waals surface area contributed by atoms with Gasteiger partial charge in [-0.15, -0.1) is 0 Å². The Morgan fingerprint density at radius 2 is 1.68 bits per heavy atom. The Morgan fingerprint density at radius 1 is 0.893 bits per heavy atom. The molecule has 1 amide bonds. The lowest BCUT2D eigenvalue weighted by atomic mass is 10.1. The summed E-state index contributed by atoms with van der Waals surface area (Å²) in [6.07, 6.45) is 0. The summed E-state index contributed by atoms with van der Waals surface area (Å²) in [7, 11) is 0. The van der Waals surface area contributed by atoms with Gasteiger partial charge in [0.05, 0.1) is 0 Å². The van der Waals surface area contributed by atoms with Crippen LogP contribution < -0.4 is 15.6 Å². The molecule has 2 N–H and O–H groups in total. The van der Waals surface area contributed by atoms with Crippen molar-refractivity contribution in [3.63, 3.8) is 0 Å². The molecule has 138 valence electrons. The maximum absolute atomic E-state index is 12.5. The number of H-pyrrole nitrogens is 1. The van der Waals surface area contributed by atoms with Gasteiger partial charge in [-0.2, -0.15) is 0 Å². The highest BCUT2D eigenvalue weighted by Crippen LogP contribution is 2.24. The standard InChI is InChI=1S/C23H18N2O3/c1-15-5-4-7-19(13-15)28-18-11-9-17(10-12-18)24-23(27)21-14-16-6-2-3-8-20(16)22(26)25-21/h2-14H,1H3,(H,24,27)(H,25,26). The molecule has 4 rings (SSSR count). The lowest BCUT2D eigenvalue weighted by molar-refractivity contribution is 0.102. The molecule has 5 heteroatoms. The van der Waals surface area contributed by atoms with Crippen molar-refractivity contribution in [3.8, 4) is 11.5 Å². The van der Waals surface area contributed by atoms with Crippen LogP contribution in [0.5, 0.6) is 11.5 Å². The zero-order valence-corrected chi connectivity index (χ0v) is 15.2. The number of aromatic nitrogens is 1. The van der Waals surface area contributed by atoms with E-state index in [1.54, 1.807) is 48.5 Å². The number of hydrogen-bond acceptors (Lipinski definition) is 3. The second kappa shape index (κ2) is 7.40. The predicted molar refractivity (Wildman–Crippen MR) is 110 cm³/mol. The van der Waals surface area contributed by atoms with Gasteiger partial charge in [-0.25, -0.2) is 0 Å². The molecule has 28 heavy (non-hydrogen) atoms. The number of fused-ring (bicyclic) bond motifs is 1. The number of hydrogen-bond donors (Lipinski definition) is 2. The van der Waals surface area contributed by atoms with Crippen molar-refractivity contribution in [1.29, 1.82) is 0 Å². The van der Waals surface area contributed by atoms with E-state index in [0.29, 0.717) is 16.8 Å². The molecule has 0 spiro atoms. The highest BCUT2D eigenvalue weighted by atomic mass is 16.5. The van der Waals surface area contributed by atoms with E-state index in [1.807, 2.05) is 37.3 Å². The Balaban J connectivity index is 1.50. The molecular formula is C23H18N2O3. The number of amides is 1. The maximum Gasteiger partial charge on any atom is 0.272 e. The van der Waals surface area contributed by atoms with Crippen molar-refractivity contribution in [2.75, 3.05) is 5.32 Å². The summed E-state index contributed by atoms with van der Waals surface area (Å²) in [6.45, 7) is 2.00. The zero-order valence-electron chi connectivity index (χ0n) is 15.2. The lowest BCUT2D eigenvalue weighted by Gasteiger charge is -2.09. The molecule has 0 unspecified atom stereocenters. The average molecular weight is 370 g/mol. The Hall–Kier alpha value is -3.86. The number of aryl methyl sites for hydroxylation is 1. The first kappa shape index (κ1) is 17.5. The first-order chi connectivity index (χ1) is 13.6. The third kappa shape index (κ3) is 3.78. The van der Waals surface area contributed by atoms with Crippen LogP contribution in [0, 0.1) is 6.92 Å². The van der Waals surface area contributed by atoms with Gasteiger partial charge in [0.1, 0.15) is 17.2 Å².